The normalized spacial score (nSPS) is 13.1. The molecular formula is C15H11Cl3O3. The smallest absolute Gasteiger partial charge is 0.179 e. The molecule has 1 heterocycles. The molecule has 3 rings (SSSR count). The molecule has 0 unspecified atom stereocenters. The summed E-state index contributed by atoms with van der Waals surface area (Å²) in [6, 6.07) is 8.72. The Morgan fingerprint density at radius 1 is 0.952 bits per heavy atom. The molecule has 0 atom stereocenters. The van der Waals surface area contributed by atoms with Gasteiger partial charge in [-0.25, -0.2) is 0 Å². The van der Waals surface area contributed by atoms with Gasteiger partial charge in [0.15, 0.2) is 11.5 Å². The third-order valence-electron chi connectivity index (χ3n) is 2.94. The van der Waals surface area contributed by atoms with Gasteiger partial charge in [0.05, 0.1) is 10.0 Å². The van der Waals surface area contributed by atoms with E-state index < -0.39 is 0 Å². The van der Waals surface area contributed by atoms with Gasteiger partial charge >= 0.3 is 0 Å². The first-order chi connectivity index (χ1) is 10.1. The second-order valence-corrected chi connectivity index (χ2v) is 5.72. The summed E-state index contributed by atoms with van der Waals surface area (Å²) < 4.78 is 16.7. The Bertz CT molecular complexity index is 673. The van der Waals surface area contributed by atoms with E-state index in [2.05, 4.69) is 0 Å². The zero-order valence-corrected chi connectivity index (χ0v) is 13.1. The first-order valence-electron chi connectivity index (χ1n) is 6.29. The summed E-state index contributed by atoms with van der Waals surface area (Å²) in [5, 5.41) is 1.54. The maximum atomic E-state index is 6.18. The molecule has 3 nitrogen and oxygen atoms in total. The minimum atomic E-state index is 0.317. The van der Waals surface area contributed by atoms with Gasteiger partial charge in [0.25, 0.3) is 0 Å². The van der Waals surface area contributed by atoms with Gasteiger partial charge in [-0.15, -0.1) is 0 Å². The minimum absolute atomic E-state index is 0.317. The molecule has 0 radical (unpaired) electrons. The van der Waals surface area contributed by atoms with Crippen molar-refractivity contribution in [2.75, 3.05) is 13.2 Å². The Labute approximate surface area is 137 Å². The summed E-state index contributed by atoms with van der Waals surface area (Å²) in [6.45, 7) is 1.33. The number of hydrogen-bond donors (Lipinski definition) is 0. The van der Waals surface area contributed by atoms with Crippen molar-refractivity contribution in [3.8, 4) is 17.2 Å². The molecule has 2 aromatic carbocycles. The molecule has 0 aromatic heterocycles. The van der Waals surface area contributed by atoms with Crippen molar-refractivity contribution in [3.05, 3.63) is 51.0 Å². The molecule has 1 aliphatic heterocycles. The first kappa shape index (κ1) is 14.6. The first-order valence-corrected chi connectivity index (χ1v) is 7.43. The van der Waals surface area contributed by atoms with Crippen molar-refractivity contribution < 1.29 is 14.2 Å². The van der Waals surface area contributed by atoms with Crippen LogP contribution in [0, 0.1) is 0 Å². The number of fused-ring (bicyclic) bond motifs is 1. The highest BCUT2D eigenvalue weighted by molar-refractivity contribution is 6.35. The molecule has 2 aromatic rings. The van der Waals surface area contributed by atoms with Crippen LogP contribution in [0.2, 0.25) is 15.1 Å². The molecule has 0 saturated carbocycles. The maximum Gasteiger partial charge on any atom is 0.179 e. The number of benzene rings is 2. The summed E-state index contributed by atoms with van der Waals surface area (Å²) in [5.41, 5.74) is 0.871. The third kappa shape index (κ3) is 3.31. The Kier molecular flexibility index (Phi) is 4.34. The molecule has 0 N–H and O–H groups in total. The van der Waals surface area contributed by atoms with Gasteiger partial charge in [-0.05, 0) is 35.9 Å². The average molecular weight is 346 g/mol. The van der Waals surface area contributed by atoms with Crippen molar-refractivity contribution in [2.24, 2.45) is 0 Å². The third-order valence-corrected chi connectivity index (χ3v) is 3.76. The highest BCUT2D eigenvalue weighted by Gasteiger charge is 2.17. The van der Waals surface area contributed by atoms with E-state index in [-0.39, 0.29) is 0 Å². The molecule has 0 spiro atoms. The monoisotopic (exact) mass is 344 g/mol. The summed E-state index contributed by atoms with van der Waals surface area (Å²) in [4.78, 5) is 0. The lowest BCUT2D eigenvalue weighted by atomic mass is 10.2. The van der Waals surface area contributed by atoms with Gasteiger partial charge < -0.3 is 14.2 Å². The molecule has 21 heavy (non-hydrogen) atoms. The van der Waals surface area contributed by atoms with Crippen LogP contribution in [-0.2, 0) is 6.61 Å². The van der Waals surface area contributed by atoms with Crippen LogP contribution in [0.5, 0.6) is 17.2 Å². The largest absolute Gasteiger partial charge is 0.487 e. The van der Waals surface area contributed by atoms with Crippen LogP contribution in [0.1, 0.15) is 5.56 Å². The van der Waals surface area contributed by atoms with Gasteiger partial charge in [0.2, 0.25) is 0 Å². The van der Waals surface area contributed by atoms with Gasteiger partial charge in [-0.2, -0.15) is 0 Å². The number of ether oxygens (including phenoxy) is 3. The van der Waals surface area contributed by atoms with E-state index in [1.54, 1.807) is 24.3 Å². The zero-order valence-electron chi connectivity index (χ0n) is 10.9. The number of rotatable bonds is 3. The molecule has 0 amide bonds. The van der Waals surface area contributed by atoms with Crippen LogP contribution in [0.15, 0.2) is 30.3 Å². The fourth-order valence-electron chi connectivity index (χ4n) is 2.00. The molecule has 0 saturated heterocycles. The van der Waals surface area contributed by atoms with Gasteiger partial charge in [-0.3, -0.25) is 0 Å². The standard InChI is InChI=1S/C15H11Cl3O3/c16-10-1-2-13(11(17)7-10)21-8-9-5-12(18)15-14(6-9)19-3-4-20-15/h1-2,5-7H,3-4,8H2. The molecule has 110 valence electrons. The average Bonchev–Trinajstić information content (AvgIpc) is 2.46. The molecule has 1 aliphatic rings. The Hall–Kier alpha value is -1.29. The predicted molar refractivity (Wildman–Crippen MR) is 83.2 cm³/mol. The van der Waals surface area contributed by atoms with E-state index in [9.17, 15) is 0 Å². The summed E-state index contributed by atoms with van der Waals surface area (Å²) in [5.74, 6) is 1.78. The van der Waals surface area contributed by atoms with E-state index in [0.29, 0.717) is 52.1 Å². The highest BCUT2D eigenvalue weighted by Crippen LogP contribution is 2.38. The lowest BCUT2D eigenvalue weighted by Crippen LogP contribution is -2.16. The Morgan fingerprint density at radius 2 is 1.76 bits per heavy atom. The van der Waals surface area contributed by atoms with Crippen LogP contribution in [0.3, 0.4) is 0 Å². The molecule has 6 heteroatoms. The van der Waals surface area contributed by atoms with Crippen molar-refractivity contribution >= 4 is 34.8 Å². The van der Waals surface area contributed by atoms with Crippen molar-refractivity contribution in [1.82, 2.24) is 0 Å². The van der Waals surface area contributed by atoms with Crippen molar-refractivity contribution in [2.45, 2.75) is 6.61 Å². The van der Waals surface area contributed by atoms with E-state index in [1.807, 2.05) is 6.07 Å². The second-order valence-electron chi connectivity index (χ2n) is 4.47. The number of halogens is 3. The Balaban J connectivity index is 1.77. The van der Waals surface area contributed by atoms with Crippen LogP contribution in [0.25, 0.3) is 0 Å². The van der Waals surface area contributed by atoms with Gasteiger partial charge in [0, 0.05) is 5.02 Å². The number of hydrogen-bond acceptors (Lipinski definition) is 3. The van der Waals surface area contributed by atoms with Crippen molar-refractivity contribution in [3.63, 3.8) is 0 Å². The fourth-order valence-corrected chi connectivity index (χ4v) is 2.75. The Morgan fingerprint density at radius 3 is 2.57 bits per heavy atom. The quantitative estimate of drug-likeness (QED) is 0.783. The molecule has 0 fully saturated rings. The lowest BCUT2D eigenvalue weighted by molar-refractivity contribution is 0.171. The second kappa shape index (κ2) is 6.22. The van der Waals surface area contributed by atoms with Gasteiger partial charge in [0.1, 0.15) is 25.6 Å². The van der Waals surface area contributed by atoms with Crippen LogP contribution in [0.4, 0.5) is 0 Å². The van der Waals surface area contributed by atoms with E-state index >= 15 is 0 Å². The summed E-state index contributed by atoms with van der Waals surface area (Å²) in [6.07, 6.45) is 0. The zero-order chi connectivity index (χ0) is 14.8. The van der Waals surface area contributed by atoms with Gasteiger partial charge in [-0.1, -0.05) is 34.8 Å². The minimum Gasteiger partial charge on any atom is -0.487 e. The van der Waals surface area contributed by atoms with E-state index in [4.69, 9.17) is 49.0 Å². The van der Waals surface area contributed by atoms with Crippen LogP contribution >= 0.6 is 34.8 Å². The topological polar surface area (TPSA) is 27.7 Å². The maximum absolute atomic E-state index is 6.18. The molecular weight excluding hydrogens is 335 g/mol. The van der Waals surface area contributed by atoms with E-state index in [0.717, 1.165) is 5.56 Å². The SMILES string of the molecule is Clc1ccc(OCc2cc(Cl)c3c(c2)OCCO3)c(Cl)c1. The van der Waals surface area contributed by atoms with Crippen molar-refractivity contribution in [1.29, 1.82) is 0 Å². The predicted octanol–water partition coefficient (Wildman–Crippen LogP) is 5.00. The fraction of sp³-hybridized carbons (Fsp3) is 0.200. The summed E-state index contributed by atoms with van der Waals surface area (Å²) >= 11 is 18.1. The molecule has 0 aliphatic carbocycles. The summed E-state index contributed by atoms with van der Waals surface area (Å²) in [7, 11) is 0. The lowest BCUT2D eigenvalue weighted by Gasteiger charge is -2.20. The molecule has 0 bridgehead atoms. The van der Waals surface area contributed by atoms with Crippen LogP contribution in [-0.4, -0.2) is 13.2 Å². The van der Waals surface area contributed by atoms with Crippen LogP contribution < -0.4 is 14.2 Å². The highest BCUT2D eigenvalue weighted by atomic mass is 35.5. The van der Waals surface area contributed by atoms with E-state index in [1.165, 1.54) is 0 Å².